The van der Waals surface area contributed by atoms with Crippen LogP contribution in [0.25, 0.3) is 0 Å². The van der Waals surface area contributed by atoms with Crippen LogP contribution in [0, 0.1) is 34.5 Å². The summed E-state index contributed by atoms with van der Waals surface area (Å²) in [6, 6.07) is 0. The lowest BCUT2D eigenvalue weighted by atomic mass is 9.43. The molecule has 0 amide bonds. The maximum atomic E-state index is 10.4. The fourth-order valence-corrected chi connectivity index (χ4v) is 8.78. The minimum Gasteiger partial charge on any atom is -0.393 e. The van der Waals surface area contributed by atoms with Crippen molar-refractivity contribution in [1.82, 2.24) is 0 Å². The maximum absolute atomic E-state index is 10.4. The molecule has 1 heterocycles. The van der Waals surface area contributed by atoms with Crippen molar-refractivity contribution in [2.45, 2.75) is 89.4 Å². The Morgan fingerprint density at radius 2 is 1.76 bits per heavy atom. The van der Waals surface area contributed by atoms with Crippen molar-refractivity contribution in [2.24, 2.45) is 39.5 Å². The number of nitrogens with zero attached hydrogens (tertiary/aromatic N) is 1. The first-order valence-electron chi connectivity index (χ1n) is 10.6. The van der Waals surface area contributed by atoms with Gasteiger partial charge in [-0.05, 0) is 99.5 Å². The number of hydrogen-bond donors (Lipinski definition) is 1. The molecule has 140 valence electrons. The molecule has 9 atom stereocenters. The lowest BCUT2D eigenvalue weighted by Crippen LogP contribution is -2.62. The molecule has 4 saturated carbocycles. The SMILES string of the molecule is C=N[C@]12CC[C@@]3(C)[C@@H](CC[C@@H]3[C@]3(C)CO3)[C@@H]1CC[C@H]1C[C@@H](O)C[C@@]12C. The third-order valence-electron chi connectivity index (χ3n) is 10.1. The van der Waals surface area contributed by atoms with E-state index in [2.05, 4.69) is 27.5 Å². The second kappa shape index (κ2) is 4.90. The van der Waals surface area contributed by atoms with E-state index in [0.29, 0.717) is 23.2 Å². The number of ether oxygens (including phenoxy) is 1. The fourth-order valence-electron chi connectivity index (χ4n) is 8.78. The monoisotopic (exact) mass is 345 g/mol. The Kier molecular flexibility index (Phi) is 3.28. The Hall–Kier alpha value is -0.410. The molecule has 4 aliphatic carbocycles. The van der Waals surface area contributed by atoms with Gasteiger partial charge in [-0.1, -0.05) is 13.8 Å². The molecule has 5 rings (SSSR count). The summed E-state index contributed by atoms with van der Waals surface area (Å²) in [4.78, 5) is 4.95. The molecule has 5 aliphatic rings. The van der Waals surface area contributed by atoms with Crippen LogP contribution in [0.1, 0.15) is 72.1 Å². The van der Waals surface area contributed by atoms with Crippen molar-refractivity contribution in [3.8, 4) is 0 Å². The van der Waals surface area contributed by atoms with E-state index in [9.17, 15) is 5.11 Å². The van der Waals surface area contributed by atoms with Crippen LogP contribution in [0.3, 0.4) is 0 Å². The molecule has 0 unspecified atom stereocenters. The zero-order valence-corrected chi connectivity index (χ0v) is 16.3. The third kappa shape index (κ3) is 1.87. The van der Waals surface area contributed by atoms with E-state index in [1.807, 2.05) is 0 Å². The average molecular weight is 346 g/mol. The van der Waals surface area contributed by atoms with Crippen LogP contribution >= 0.6 is 0 Å². The molecule has 25 heavy (non-hydrogen) atoms. The van der Waals surface area contributed by atoms with Crippen molar-refractivity contribution >= 4 is 6.72 Å². The summed E-state index contributed by atoms with van der Waals surface area (Å²) in [6.07, 6.45) is 9.44. The zero-order chi connectivity index (χ0) is 17.7. The second-order valence-corrected chi connectivity index (χ2v) is 10.8. The van der Waals surface area contributed by atoms with Gasteiger partial charge in [0.1, 0.15) is 0 Å². The molecule has 0 aromatic rings. The van der Waals surface area contributed by atoms with Gasteiger partial charge in [-0.2, -0.15) is 0 Å². The van der Waals surface area contributed by atoms with E-state index in [4.69, 9.17) is 9.73 Å². The molecule has 3 heteroatoms. The quantitative estimate of drug-likeness (QED) is 0.601. The molecule has 1 aliphatic heterocycles. The molecule has 5 fully saturated rings. The highest BCUT2D eigenvalue weighted by atomic mass is 16.6. The molecule has 3 nitrogen and oxygen atoms in total. The Bertz CT molecular complexity index is 601. The first-order valence-corrected chi connectivity index (χ1v) is 10.6. The summed E-state index contributed by atoms with van der Waals surface area (Å²) in [5.41, 5.74) is 0.703. The smallest absolute Gasteiger partial charge is 0.0921 e. The Morgan fingerprint density at radius 1 is 1.04 bits per heavy atom. The van der Waals surface area contributed by atoms with Gasteiger partial charge in [-0.3, -0.25) is 4.99 Å². The summed E-state index contributed by atoms with van der Waals surface area (Å²) in [7, 11) is 0. The predicted molar refractivity (Wildman–Crippen MR) is 99.8 cm³/mol. The van der Waals surface area contributed by atoms with E-state index in [0.717, 1.165) is 25.4 Å². The Morgan fingerprint density at radius 3 is 2.44 bits per heavy atom. The molecule has 0 spiro atoms. The van der Waals surface area contributed by atoms with Gasteiger partial charge in [0.05, 0.1) is 23.9 Å². The first kappa shape index (κ1) is 16.7. The zero-order valence-electron chi connectivity index (χ0n) is 16.3. The number of aliphatic hydroxyl groups is 1. The minimum absolute atomic E-state index is 0.00221. The molecule has 1 saturated heterocycles. The van der Waals surface area contributed by atoms with Crippen LogP contribution in [0.15, 0.2) is 4.99 Å². The van der Waals surface area contributed by atoms with Crippen LogP contribution in [0.2, 0.25) is 0 Å². The van der Waals surface area contributed by atoms with Crippen LogP contribution in [0.4, 0.5) is 0 Å². The van der Waals surface area contributed by atoms with Crippen LogP contribution in [-0.4, -0.2) is 35.7 Å². The highest BCUT2D eigenvalue weighted by molar-refractivity contribution is 5.32. The van der Waals surface area contributed by atoms with Crippen molar-refractivity contribution in [3.05, 3.63) is 0 Å². The Labute approximate surface area is 152 Å². The Balaban J connectivity index is 1.54. The summed E-state index contributed by atoms with van der Waals surface area (Å²) < 4.78 is 5.92. The highest BCUT2D eigenvalue weighted by Gasteiger charge is 2.70. The molecule has 0 aromatic carbocycles. The van der Waals surface area contributed by atoms with Gasteiger partial charge in [0, 0.05) is 0 Å². The number of hydrogen-bond acceptors (Lipinski definition) is 3. The van der Waals surface area contributed by atoms with E-state index in [-0.39, 0.29) is 22.7 Å². The molecular weight excluding hydrogens is 310 g/mol. The van der Waals surface area contributed by atoms with Gasteiger partial charge in [0.15, 0.2) is 0 Å². The van der Waals surface area contributed by atoms with Crippen LogP contribution in [0.5, 0.6) is 0 Å². The van der Waals surface area contributed by atoms with Gasteiger partial charge in [0.25, 0.3) is 0 Å². The van der Waals surface area contributed by atoms with Gasteiger partial charge in [-0.25, -0.2) is 0 Å². The molecule has 0 radical (unpaired) electrons. The molecule has 0 bridgehead atoms. The summed E-state index contributed by atoms with van der Waals surface area (Å²) in [5, 5.41) is 10.4. The van der Waals surface area contributed by atoms with E-state index >= 15 is 0 Å². The van der Waals surface area contributed by atoms with E-state index in [1.54, 1.807) is 0 Å². The second-order valence-electron chi connectivity index (χ2n) is 10.8. The summed E-state index contributed by atoms with van der Waals surface area (Å²) in [6.45, 7) is 12.5. The lowest BCUT2D eigenvalue weighted by molar-refractivity contribution is -0.109. The minimum atomic E-state index is -0.129. The van der Waals surface area contributed by atoms with Crippen LogP contribution in [-0.2, 0) is 4.74 Å². The van der Waals surface area contributed by atoms with Gasteiger partial charge in [0.2, 0.25) is 0 Å². The summed E-state index contributed by atoms with van der Waals surface area (Å²) >= 11 is 0. The largest absolute Gasteiger partial charge is 0.393 e. The number of rotatable bonds is 2. The predicted octanol–water partition coefficient (Wildman–Crippen LogP) is 4.23. The van der Waals surface area contributed by atoms with Crippen molar-refractivity contribution < 1.29 is 9.84 Å². The van der Waals surface area contributed by atoms with Gasteiger partial charge < -0.3 is 9.84 Å². The van der Waals surface area contributed by atoms with Crippen LogP contribution < -0.4 is 0 Å². The first-order chi connectivity index (χ1) is 11.8. The molecular formula is C22H35NO2. The third-order valence-corrected chi connectivity index (χ3v) is 10.1. The van der Waals surface area contributed by atoms with E-state index < -0.39 is 0 Å². The molecule has 1 N–H and O–H groups in total. The van der Waals surface area contributed by atoms with Crippen molar-refractivity contribution in [3.63, 3.8) is 0 Å². The van der Waals surface area contributed by atoms with E-state index in [1.165, 1.54) is 38.5 Å². The van der Waals surface area contributed by atoms with Crippen molar-refractivity contribution in [2.75, 3.05) is 6.61 Å². The number of fused-ring (bicyclic) bond motifs is 5. The van der Waals surface area contributed by atoms with Crippen molar-refractivity contribution in [1.29, 1.82) is 0 Å². The number of aliphatic hydroxyl groups excluding tert-OH is 1. The number of epoxide rings is 1. The molecule has 0 aromatic heterocycles. The maximum Gasteiger partial charge on any atom is 0.0921 e. The average Bonchev–Trinajstić information content (AvgIpc) is 3.07. The van der Waals surface area contributed by atoms with Gasteiger partial charge >= 0.3 is 0 Å². The summed E-state index contributed by atoms with van der Waals surface area (Å²) in [5.74, 6) is 2.76. The topological polar surface area (TPSA) is 45.1 Å². The van der Waals surface area contributed by atoms with Gasteiger partial charge in [-0.15, -0.1) is 0 Å². The number of aliphatic imine (C=N–C) groups is 1. The fraction of sp³-hybridized carbons (Fsp3) is 0.955. The normalized spacial score (nSPS) is 62.8. The highest BCUT2D eigenvalue weighted by Crippen LogP contribution is 2.72. The standard InChI is InChI=1S/C22H35NO2/c1-19-9-10-22(23-4)17(6-5-14-11-15(24)12-20(14,22)2)16(19)7-8-18(19)21(3)13-25-21/h14-18,24H,4-13H2,1-3H3/t14-,15+,16-,17-,18-,19-,20-,21-,22+/m0/s1. The lowest BCUT2D eigenvalue weighted by Gasteiger charge is -2.63.